The third kappa shape index (κ3) is 2.72. The molecule has 0 unspecified atom stereocenters. The third-order valence-corrected chi connectivity index (χ3v) is 3.48. The highest BCUT2D eigenvalue weighted by Gasteiger charge is 2.27. The average Bonchev–Trinajstić information content (AvgIpc) is 3.12. The highest BCUT2D eigenvalue weighted by molar-refractivity contribution is 5.50. The third-order valence-electron chi connectivity index (χ3n) is 3.48. The van der Waals surface area contributed by atoms with Gasteiger partial charge in [-0.15, -0.1) is 0 Å². The van der Waals surface area contributed by atoms with Crippen molar-refractivity contribution in [1.82, 2.24) is 15.3 Å². The summed E-state index contributed by atoms with van der Waals surface area (Å²) in [5, 5.41) is 6.94. The van der Waals surface area contributed by atoms with Crippen LogP contribution in [0.1, 0.15) is 26.7 Å². The van der Waals surface area contributed by atoms with Gasteiger partial charge in [-0.25, -0.2) is 9.97 Å². The standard InChI is InChI=1S/C13H21N5/c1-13(2)8-18(6-5-16-13)12-7-11(14-9-15-12)17-10-3-4-10/h7,9-10,16H,3-6,8H2,1-2H3,(H,14,15,17). The average molecular weight is 247 g/mol. The molecule has 1 aromatic rings. The van der Waals surface area contributed by atoms with Gasteiger partial charge in [0.25, 0.3) is 0 Å². The van der Waals surface area contributed by atoms with Crippen molar-refractivity contribution in [3.05, 3.63) is 12.4 Å². The normalized spacial score (nSPS) is 22.9. The van der Waals surface area contributed by atoms with Gasteiger partial charge in [-0.05, 0) is 26.7 Å². The van der Waals surface area contributed by atoms with Gasteiger partial charge in [0.05, 0.1) is 0 Å². The van der Waals surface area contributed by atoms with Crippen LogP contribution in [-0.2, 0) is 0 Å². The number of nitrogens with zero attached hydrogens (tertiary/aromatic N) is 3. The van der Waals surface area contributed by atoms with E-state index in [2.05, 4.69) is 45.4 Å². The number of hydrogen-bond donors (Lipinski definition) is 2. The summed E-state index contributed by atoms with van der Waals surface area (Å²) in [6.07, 6.45) is 4.19. The minimum atomic E-state index is 0.146. The second-order valence-corrected chi connectivity index (χ2v) is 5.91. The quantitative estimate of drug-likeness (QED) is 0.841. The number of rotatable bonds is 3. The van der Waals surface area contributed by atoms with Gasteiger partial charge in [0, 0.05) is 37.3 Å². The number of piperazine rings is 1. The van der Waals surface area contributed by atoms with Crippen molar-refractivity contribution < 1.29 is 0 Å². The molecule has 1 aliphatic heterocycles. The summed E-state index contributed by atoms with van der Waals surface area (Å²) in [5.41, 5.74) is 0.146. The van der Waals surface area contributed by atoms with E-state index in [0.717, 1.165) is 31.3 Å². The number of aromatic nitrogens is 2. The van der Waals surface area contributed by atoms with Gasteiger partial charge in [0.15, 0.2) is 0 Å². The maximum absolute atomic E-state index is 4.40. The topological polar surface area (TPSA) is 53.1 Å². The van der Waals surface area contributed by atoms with Crippen LogP contribution in [0, 0.1) is 0 Å². The fourth-order valence-corrected chi connectivity index (χ4v) is 2.37. The summed E-state index contributed by atoms with van der Waals surface area (Å²) in [6, 6.07) is 2.70. The van der Waals surface area contributed by atoms with Crippen LogP contribution in [0.5, 0.6) is 0 Å². The Morgan fingerprint density at radius 1 is 1.39 bits per heavy atom. The summed E-state index contributed by atoms with van der Waals surface area (Å²) in [7, 11) is 0. The summed E-state index contributed by atoms with van der Waals surface area (Å²) < 4.78 is 0. The molecule has 0 amide bonds. The van der Waals surface area contributed by atoms with E-state index in [9.17, 15) is 0 Å². The van der Waals surface area contributed by atoms with E-state index in [0.29, 0.717) is 6.04 Å². The second kappa shape index (κ2) is 4.39. The highest BCUT2D eigenvalue weighted by Crippen LogP contribution is 2.25. The van der Waals surface area contributed by atoms with Crippen LogP contribution in [-0.4, -0.2) is 41.2 Å². The Morgan fingerprint density at radius 3 is 2.94 bits per heavy atom. The van der Waals surface area contributed by atoms with Crippen LogP contribution in [0.25, 0.3) is 0 Å². The van der Waals surface area contributed by atoms with Crippen LogP contribution in [0.3, 0.4) is 0 Å². The lowest BCUT2D eigenvalue weighted by molar-refractivity contribution is 0.351. The SMILES string of the molecule is CC1(C)CN(c2cc(NC3CC3)ncn2)CCN1. The van der Waals surface area contributed by atoms with E-state index in [1.165, 1.54) is 12.8 Å². The van der Waals surface area contributed by atoms with Crippen LogP contribution in [0.15, 0.2) is 12.4 Å². The molecule has 3 rings (SSSR count). The zero-order chi connectivity index (χ0) is 12.6. The second-order valence-electron chi connectivity index (χ2n) is 5.91. The summed E-state index contributed by atoms with van der Waals surface area (Å²) in [6.45, 7) is 7.44. The Labute approximate surface area is 108 Å². The smallest absolute Gasteiger partial charge is 0.134 e. The molecular weight excluding hydrogens is 226 g/mol. The van der Waals surface area contributed by atoms with Crippen molar-refractivity contribution >= 4 is 11.6 Å². The molecule has 1 saturated carbocycles. The maximum Gasteiger partial charge on any atom is 0.134 e. The predicted molar refractivity (Wildman–Crippen MR) is 73.0 cm³/mol. The lowest BCUT2D eigenvalue weighted by atomic mass is 10.0. The largest absolute Gasteiger partial charge is 0.367 e. The van der Waals surface area contributed by atoms with Gasteiger partial charge in [-0.1, -0.05) is 0 Å². The highest BCUT2D eigenvalue weighted by atomic mass is 15.3. The predicted octanol–water partition coefficient (Wildman–Crippen LogP) is 1.24. The van der Waals surface area contributed by atoms with Gasteiger partial charge in [-0.2, -0.15) is 0 Å². The van der Waals surface area contributed by atoms with Crippen molar-refractivity contribution in [2.45, 2.75) is 38.3 Å². The monoisotopic (exact) mass is 247 g/mol. The first-order valence-corrected chi connectivity index (χ1v) is 6.71. The van der Waals surface area contributed by atoms with E-state index >= 15 is 0 Å². The molecule has 2 heterocycles. The van der Waals surface area contributed by atoms with Crippen molar-refractivity contribution in [3.63, 3.8) is 0 Å². The molecule has 1 aromatic heterocycles. The first-order valence-electron chi connectivity index (χ1n) is 6.71. The fourth-order valence-electron chi connectivity index (χ4n) is 2.37. The molecule has 5 nitrogen and oxygen atoms in total. The van der Waals surface area contributed by atoms with Crippen molar-refractivity contribution in [2.24, 2.45) is 0 Å². The maximum atomic E-state index is 4.40. The molecule has 18 heavy (non-hydrogen) atoms. The molecule has 0 atom stereocenters. The zero-order valence-corrected chi connectivity index (χ0v) is 11.1. The summed E-state index contributed by atoms with van der Waals surface area (Å²) >= 11 is 0. The summed E-state index contributed by atoms with van der Waals surface area (Å²) in [4.78, 5) is 11.0. The first kappa shape index (κ1) is 11.7. The lowest BCUT2D eigenvalue weighted by Crippen LogP contribution is -2.57. The molecule has 1 saturated heterocycles. The molecule has 2 fully saturated rings. The van der Waals surface area contributed by atoms with Crippen molar-refractivity contribution in [2.75, 3.05) is 29.9 Å². The van der Waals surface area contributed by atoms with Gasteiger partial charge in [0.2, 0.25) is 0 Å². The molecule has 5 heteroatoms. The van der Waals surface area contributed by atoms with Gasteiger partial charge in [-0.3, -0.25) is 0 Å². The summed E-state index contributed by atoms with van der Waals surface area (Å²) in [5.74, 6) is 1.99. The Balaban J connectivity index is 1.74. The molecule has 1 aliphatic carbocycles. The van der Waals surface area contributed by atoms with Crippen molar-refractivity contribution in [1.29, 1.82) is 0 Å². The van der Waals surface area contributed by atoms with Gasteiger partial charge < -0.3 is 15.5 Å². The molecule has 2 aliphatic rings. The number of hydrogen-bond acceptors (Lipinski definition) is 5. The Morgan fingerprint density at radius 2 is 2.22 bits per heavy atom. The molecule has 98 valence electrons. The Kier molecular flexibility index (Phi) is 2.86. The fraction of sp³-hybridized carbons (Fsp3) is 0.692. The van der Waals surface area contributed by atoms with Crippen LogP contribution >= 0.6 is 0 Å². The number of anilines is 2. The molecule has 0 spiro atoms. The van der Waals surface area contributed by atoms with E-state index < -0.39 is 0 Å². The van der Waals surface area contributed by atoms with Gasteiger partial charge >= 0.3 is 0 Å². The van der Waals surface area contributed by atoms with Crippen LogP contribution in [0.4, 0.5) is 11.6 Å². The van der Waals surface area contributed by atoms with Crippen molar-refractivity contribution in [3.8, 4) is 0 Å². The molecule has 0 aromatic carbocycles. The van der Waals surface area contributed by atoms with E-state index in [-0.39, 0.29) is 5.54 Å². The van der Waals surface area contributed by atoms with Gasteiger partial charge in [0.1, 0.15) is 18.0 Å². The molecule has 0 bridgehead atoms. The zero-order valence-electron chi connectivity index (χ0n) is 11.1. The first-order chi connectivity index (χ1) is 8.62. The van der Waals surface area contributed by atoms with E-state index in [1.807, 2.05) is 0 Å². The Hall–Kier alpha value is -1.36. The van der Waals surface area contributed by atoms with E-state index in [1.54, 1.807) is 6.33 Å². The number of nitrogens with one attached hydrogen (secondary N) is 2. The van der Waals surface area contributed by atoms with E-state index in [4.69, 9.17) is 0 Å². The minimum absolute atomic E-state index is 0.146. The molecular formula is C13H21N5. The van der Waals surface area contributed by atoms with Crippen LogP contribution in [0.2, 0.25) is 0 Å². The van der Waals surface area contributed by atoms with Crippen LogP contribution < -0.4 is 15.5 Å². The lowest BCUT2D eigenvalue weighted by Gasteiger charge is -2.39. The molecule has 2 N–H and O–H groups in total. The minimum Gasteiger partial charge on any atom is -0.367 e. The molecule has 0 radical (unpaired) electrons. The Bertz CT molecular complexity index is 427.